The second-order valence-electron chi connectivity index (χ2n) is 4.52. The van der Waals surface area contributed by atoms with Crippen molar-refractivity contribution < 1.29 is 18.7 Å². The molecule has 1 rings (SSSR count). The Bertz CT molecular complexity index is 486. The van der Waals surface area contributed by atoms with Crippen molar-refractivity contribution >= 4 is 11.9 Å². The van der Waals surface area contributed by atoms with Crippen LogP contribution in [0.2, 0.25) is 0 Å². The van der Waals surface area contributed by atoms with Crippen molar-refractivity contribution in [3.8, 4) is 0 Å². The Morgan fingerprint density at radius 1 is 1.37 bits per heavy atom. The number of nitrogens with one attached hydrogen (secondary N) is 1. The molecule has 0 aliphatic carbocycles. The normalized spacial score (nSPS) is 12.0. The SMILES string of the molecule is COC(=O)C(CC(C)C)NC(=O)c1ccc(=O)oc1. The highest BCUT2D eigenvalue weighted by Gasteiger charge is 2.23. The first-order chi connectivity index (χ1) is 8.93. The lowest BCUT2D eigenvalue weighted by Gasteiger charge is -2.18. The van der Waals surface area contributed by atoms with Crippen LogP contribution in [-0.2, 0) is 9.53 Å². The number of ether oxygens (including phenoxy) is 1. The lowest BCUT2D eigenvalue weighted by atomic mass is 10.0. The number of methoxy groups -OCH3 is 1. The van der Waals surface area contributed by atoms with Crippen LogP contribution < -0.4 is 10.9 Å². The molecular weight excluding hydrogens is 250 g/mol. The maximum absolute atomic E-state index is 11.9. The molecule has 0 aliphatic rings. The molecular formula is C13H17NO5. The van der Waals surface area contributed by atoms with Gasteiger partial charge in [-0.2, -0.15) is 0 Å². The van der Waals surface area contributed by atoms with E-state index in [9.17, 15) is 14.4 Å². The lowest BCUT2D eigenvalue weighted by Crippen LogP contribution is -2.42. The predicted octanol–water partition coefficient (Wildman–Crippen LogP) is 0.957. The summed E-state index contributed by atoms with van der Waals surface area (Å²) in [5.41, 5.74) is -0.361. The first-order valence-electron chi connectivity index (χ1n) is 5.91. The third-order valence-electron chi connectivity index (χ3n) is 2.46. The molecule has 0 aromatic carbocycles. The topological polar surface area (TPSA) is 85.6 Å². The van der Waals surface area contributed by atoms with Gasteiger partial charge >= 0.3 is 11.6 Å². The van der Waals surface area contributed by atoms with Gasteiger partial charge in [0.15, 0.2) is 0 Å². The zero-order valence-corrected chi connectivity index (χ0v) is 11.1. The molecule has 1 atom stereocenters. The average Bonchev–Trinajstić information content (AvgIpc) is 2.37. The predicted molar refractivity (Wildman–Crippen MR) is 67.7 cm³/mol. The number of rotatable bonds is 5. The van der Waals surface area contributed by atoms with Gasteiger partial charge in [0.25, 0.3) is 5.91 Å². The van der Waals surface area contributed by atoms with E-state index in [0.717, 1.165) is 12.3 Å². The lowest BCUT2D eigenvalue weighted by molar-refractivity contribution is -0.143. The van der Waals surface area contributed by atoms with Gasteiger partial charge in [-0.1, -0.05) is 13.8 Å². The van der Waals surface area contributed by atoms with Crippen LogP contribution in [0, 0.1) is 5.92 Å². The summed E-state index contributed by atoms with van der Waals surface area (Å²) in [7, 11) is 1.27. The van der Waals surface area contributed by atoms with Crippen LogP contribution in [0.4, 0.5) is 0 Å². The van der Waals surface area contributed by atoms with Crippen molar-refractivity contribution in [3.05, 3.63) is 34.4 Å². The third kappa shape index (κ3) is 4.57. The highest BCUT2D eigenvalue weighted by Crippen LogP contribution is 2.07. The molecule has 1 amide bonds. The summed E-state index contributed by atoms with van der Waals surface area (Å²) in [6.45, 7) is 3.87. The molecule has 0 spiro atoms. The minimum atomic E-state index is -0.718. The molecule has 0 saturated carbocycles. The molecule has 1 aromatic heterocycles. The van der Waals surface area contributed by atoms with Gasteiger partial charge in [-0.15, -0.1) is 0 Å². The van der Waals surface area contributed by atoms with E-state index in [1.54, 1.807) is 0 Å². The second-order valence-corrected chi connectivity index (χ2v) is 4.52. The van der Waals surface area contributed by atoms with E-state index in [4.69, 9.17) is 0 Å². The van der Waals surface area contributed by atoms with E-state index in [0.29, 0.717) is 6.42 Å². The quantitative estimate of drug-likeness (QED) is 0.803. The molecule has 0 fully saturated rings. The molecule has 0 radical (unpaired) electrons. The summed E-state index contributed by atoms with van der Waals surface area (Å²) in [5, 5.41) is 2.56. The van der Waals surface area contributed by atoms with E-state index in [-0.39, 0.29) is 11.5 Å². The standard InChI is InChI=1S/C13H17NO5/c1-8(2)6-10(13(17)18-3)14-12(16)9-4-5-11(15)19-7-9/h4-5,7-8,10H,6H2,1-3H3,(H,14,16). The Labute approximate surface area is 110 Å². The number of carbonyl (C=O) groups is 2. The maximum atomic E-state index is 11.9. The van der Waals surface area contributed by atoms with Crippen LogP contribution in [0.25, 0.3) is 0 Å². The van der Waals surface area contributed by atoms with Crippen LogP contribution in [0.3, 0.4) is 0 Å². The molecule has 6 heteroatoms. The van der Waals surface area contributed by atoms with E-state index in [1.807, 2.05) is 13.8 Å². The smallest absolute Gasteiger partial charge is 0.335 e. The molecule has 0 saturated heterocycles. The van der Waals surface area contributed by atoms with Crippen molar-refractivity contribution in [1.82, 2.24) is 5.32 Å². The van der Waals surface area contributed by atoms with Crippen LogP contribution in [0.1, 0.15) is 30.6 Å². The number of esters is 1. The van der Waals surface area contributed by atoms with Gasteiger partial charge in [-0.25, -0.2) is 9.59 Å². The number of amides is 1. The summed E-state index contributed by atoms with van der Waals surface area (Å²) in [5.74, 6) is -0.766. The van der Waals surface area contributed by atoms with Crippen molar-refractivity contribution in [1.29, 1.82) is 0 Å². The molecule has 104 valence electrons. The van der Waals surface area contributed by atoms with Crippen molar-refractivity contribution in [3.63, 3.8) is 0 Å². The highest BCUT2D eigenvalue weighted by atomic mass is 16.5. The van der Waals surface area contributed by atoms with Gasteiger partial charge in [0.05, 0.1) is 12.7 Å². The summed E-state index contributed by atoms with van der Waals surface area (Å²) >= 11 is 0. The van der Waals surface area contributed by atoms with E-state index in [2.05, 4.69) is 14.5 Å². The molecule has 0 aliphatic heterocycles. The summed E-state index contributed by atoms with van der Waals surface area (Å²) in [6.07, 6.45) is 1.52. The third-order valence-corrected chi connectivity index (χ3v) is 2.46. The molecule has 1 heterocycles. The molecule has 1 unspecified atom stereocenters. The second kappa shape index (κ2) is 6.72. The Hall–Kier alpha value is -2.11. The number of hydrogen-bond donors (Lipinski definition) is 1. The average molecular weight is 267 g/mol. The Morgan fingerprint density at radius 3 is 2.53 bits per heavy atom. The van der Waals surface area contributed by atoms with Gasteiger partial charge in [0.1, 0.15) is 12.3 Å². The minimum Gasteiger partial charge on any atom is -0.467 e. The first-order valence-corrected chi connectivity index (χ1v) is 5.91. The zero-order chi connectivity index (χ0) is 14.4. The fourth-order valence-electron chi connectivity index (χ4n) is 1.56. The van der Waals surface area contributed by atoms with E-state index >= 15 is 0 Å². The van der Waals surface area contributed by atoms with Gasteiger partial charge in [0.2, 0.25) is 0 Å². The molecule has 1 aromatic rings. The molecule has 6 nitrogen and oxygen atoms in total. The number of carbonyl (C=O) groups excluding carboxylic acids is 2. The van der Waals surface area contributed by atoms with Crippen molar-refractivity contribution in [2.45, 2.75) is 26.3 Å². The highest BCUT2D eigenvalue weighted by molar-refractivity contribution is 5.96. The van der Waals surface area contributed by atoms with Crippen molar-refractivity contribution in [2.24, 2.45) is 5.92 Å². The molecule has 0 bridgehead atoms. The van der Waals surface area contributed by atoms with E-state index in [1.165, 1.54) is 13.2 Å². The Morgan fingerprint density at radius 2 is 2.05 bits per heavy atom. The van der Waals surface area contributed by atoms with Crippen LogP contribution in [-0.4, -0.2) is 25.0 Å². The minimum absolute atomic E-state index is 0.178. The number of hydrogen-bond acceptors (Lipinski definition) is 5. The fourth-order valence-corrected chi connectivity index (χ4v) is 1.56. The largest absolute Gasteiger partial charge is 0.467 e. The monoisotopic (exact) mass is 267 g/mol. The fraction of sp³-hybridized carbons (Fsp3) is 0.462. The van der Waals surface area contributed by atoms with E-state index < -0.39 is 23.5 Å². The molecule has 19 heavy (non-hydrogen) atoms. The zero-order valence-electron chi connectivity index (χ0n) is 11.1. The summed E-state index contributed by atoms with van der Waals surface area (Å²) in [4.78, 5) is 34.2. The van der Waals surface area contributed by atoms with Crippen LogP contribution in [0.5, 0.6) is 0 Å². The van der Waals surface area contributed by atoms with Gasteiger partial charge in [-0.05, 0) is 18.4 Å². The maximum Gasteiger partial charge on any atom is 0.335 e. The Kier molecular flexibility index (Phi) is 5.29. The molecule has 1 N–H and O–H groups in total. The Balaban J connectivity index is 2.78. The van der Waals surface area contributed by atoms with Gasteiger partial charge in [-0.3, -0.25) is 4.79 Å². The van der Waals surface area contributed by atoms with Gasteiger partial charge in [0, 0.05) is 6.07 Å². The first kappa shape index (κ1) is 14.9. The summed E-state index contributed by atoms with van der Waals surface area (Å²) in [6, 6.07) is 1.76. The van der Waals surface area contributed by atoms with Crippen LogP contribution >= 0.6 is 0 Å². The van der Waals surface area contributed by atoms with Gasteiger partial charge < -0.3 is 14.5 Å². The van der Waals surface area contributed by atoms with Crippen LogP contribution in [0.15, 0.2) is 27.6 Å². The van der Waals surface area contributed by atoms with Crippen molar-refractivity contribution in [2.75, 3.05) is 7.11 Å². The summed E-state index contributed by atoms with van der Waals surface area (Å²) < 4.78 is 9.24.